The van der Waals surface area contributed by atoms with E-state index in [0.29, 0.717) is 0 Å². The predicted octanol–water partition coefficient (Wildman–Crippen LogP) is 2.23. The first-order chi connectivity index (χ1) is 6.38. The van der Waals surface area contributed by atoms with Gasteiger partial charge in [-0.2, -0.15) is 0 Å². The second kappa shape index (κ2) is 4.05. The van der Waals surface area contributed by atoms with Crippen LogP contribution in [0.4, 0.5) is 5.82 Å². The first-order valence-electron chi connectivity index (χ1n) is 4.58. The molecule has 0 radical (unpaired) electrons. The summed E-state index contributed by atoms with van der Waals surface area (Å²) in [6.45, 7) is 2.24. The summed E-state index contributed by atoms with van der Waals surface area (Å²) in [5.74, 6) is 1.04. The van der Waals surface area contributed by atoms with Crippen LogP contribution in [0.15, 0.2) is 17.0 Å². The molecule has 0 N–H and O–H groups in total. The summed E-state index contributed by atoms with van der Waals surface area (Å²) < 4.78 is 0.997. The standard InChI is InChI=1S/C9H12BrN3/c10-8-6-11-7-12-9(8)13-4-2-1-3-5-13/h6-7H,1-5H2. The molecular weight excluding hydrogens is 230 g/mol. The Morgan fingerprint density at radius 1 is 1.23 bits per heavy atom. The minimum Gasteiger partial charge on any atom is -0.356 e. The highest BCUT2D eigenvalue weighted by atomic mass is 79.9. The summed E-state index contributed by atoms with van der Waals surface area (Å²) in [6.07, 6.45) is 7.30. The highest BCUT2D eigenvalue weighted by Gasteiger charge is 2.14. The first-order valence-corrected chi connectivity index (χ1v) is 5.37. The summed E-state index contributed by atoms with van der Waals surface area (Å²) in [6, 6.07) is 0. The fourth-order valence-electron chi connectivity index (χ4n) is 1.64. The number of rotatable bonds is 1. The lowest BCUT2D eigenvalue weighted by molar-refractivity contribution is 0.572. The fourth-order valence-corrected chi connectivity index (χ4v) is 2.12. The molecule has 1 aliphatic rings. The zero-order valence-corrected chi connectivity index (χ0v) is 9.00. The number of hydrogen-bond acceptors (Lipinski definition) is 3. The monoisotopic (exact) mass is 241 g/mol. The van der Waals surface area contributed by atoms with Gasteiger partial charge in [0.1, 0.15) is 12.1 Å². The quantitative estimate of drug-likeness (QED) is 0.756. The van der Waals surface area contributed by atoms with Crippen LogP contribution >= 0.6 is 15.9 Å². The van der Waals surface area contributed by atoms with E-state index < -0.39 is 0 Å². The molecule has 3 nitrogen and oxygen atoms in total. The van der Waals surface area contributed by atoms with Gasteiger partial charge in [-0.05, 0) is 35.2 Å². The van der Waals surface area contributed by atoms with Crippen LogP contribution in [0.2, 0.25) is 0 Å². The van der Waals surface area contributed by atoms with E-state index in [-0.39, 0.29) is 0 Å². The van der Waals surface area contributed by atoms with Crippen molar-refractivity contribution in [3.8, 4) is 0 Å². The minimum absolute atomic E-state index is 0.997. The summed E-state index contributed by atoms with van der Waals surface area (Å²) in [5, 5.41) is 0. The van der Waals surface area contributed by atoms with E-state index in [1.807, 2.05) is 0 Å². The molecule has 1 saturated heterocycles. The van der Waals surface area contributed by atoms with Gasteiger partial charge in [0.15, 0.2) is 0 Å². The van der Waals surface area contributed by atoms with Gasteiger partial charge in [-0.25, -0.2) is 9.97 Å². The van der Waals surface area contributed by atoms with Crippen LogP contribution in [-0.4, -0.2) is 23.1 Å². The molecule has 0 saturated carbocycles. The van der Waals surface area contributed by atoms with Crippen molar-refractivity contribution >= 4 is 21.7 Å². The number of anilines is 1. The topological polar surface area (TPSA) is 29.0 Å². The number of piperidine rings is 1. The van der Waals surface area contributed by atoms with Crippen LogP contribution in [0.1, 0.15) is 19.3 Å². The highest BCUT2D eigenvalue weighted by Crippen LogP contribution is 2.24. The molecule has 0 aromatic carbocycles. The molecule has 0 atom stereocenters. The molecule has 0 unspecified atom stereocenters. The Bertz CT molecular complexity index is 284. The molecule has 0 spiro atoms. The molecule has 0 amide bonds. The number of halogens is 1. The molecule has 2 heterocycles. The zero-order chi connectivity index (χ0) is 9.10. The smallest absolute Gasteiger partial charge is 0.146 e. The van der Waals surface area contributed by atoms with E-state index in [1.165, 1.54) is 19.3 Å². The highest BCUT2D eigenvalue weighted by molar-refractivity contribution is 9.10. The van der Waals surface area contributed by atoms with Gasteiger partial charge in [0.05, 0.1) is 4.47 Å². The van der Waals surface area contributed by atoms with Crippen LogP contribution in [0.25, 0.3) is 0 Å². The van der Waals surface area contributed by atoms with Crippen molar-refractivity contribution in [2.75, 3.05) is 18.0 Å². The van der Waals surface area contributed by atoms with E-state index in [1.54, 1.807) is 12.5 Å². The average Bonchev–Trinajstić information content (AvgIpc) is 2.20. The number of aromatic nitrogens is 2. The predicted molar refractivity (Wildman–Crippen MR) is 55.8 cm³/mol. The number of hydrogen-bond donors (Lipinski definition) is 0. The molecule has 2 rings (SSSR count). The summed E-state index contributed by atoms with van der Waals surface area (Å²) in [7, 11) is 0. The summed E-state index contributed by atoms with van der Waals surface area (Å²) >= 11 is 3.47. The third-order valence-electron chi connectivity index (χ3n) is 2.30. The van der Waals surface area contributed by atoms with Crippen LogP contribution in [0.5, 0.6) is 0 Å². The van der Waals surface area contributed by atoms with Crippen LogP contribution in [0.3, 0.4) is 0 Å². The van der Waals surface area contributed by atoms with Crippen molar-refractivity contribution in [1.82, 2.24) is 9.97 Å². The van der Waals surface area contributed by atoms with Gasteiger partial charge in [-0.1, -0.05) is 0 Å². The van der Waals surface area contributed by atoms with E-state index in [4.69, 9.17) is 0 Å². The lowest BCUT2D eigenvalue weighted by Gasteiger charge is -2.28. The van der Waals surface area contributed by atoms with E-state index >= 15 is 0 Å². The Morgan fingerprint density at radius 3 is 2.69 bits per heavy atom. The van der Waals surface area contributed by atoms with Gasteiger partial charge in [0.2, 0.25) is 0 Å². The maximum Gasteiger partial charge on any atom is 0.146 e. The molecule has 70 valence electrons. The fraction of sp³-hybridized carbons (Fsp3) is 0.556. The Hall–Kier alpha value is -0.640. The van der Waals surface area contributed by atoms with E-state index in [2.05, 4.69) is 30.8 Å². The lowest BCUT2D eigenvalue weighted by Crippen LogP contribution is -2.30. The maximum absolute atomic E-state index is 4.27. The van der Waals surface area contributed by atoms with Crippen molar-refractivity contribution in [1.29, 1.82) is 0 Å². The first kappa shape index (κ1) is 8.94. The third-order valence-corrected chi connectivity index (χ3v) is 2.86. The largest absolute Gasteiger partial charge is 0.356 e. The van der Waals surface area contributed by atoms with Crippen molar-refractivity contribution < 1.29 is 0 Å². The van der Waals surface area contributed by atoms with E-state index in [9.17, 15) is 0 Å². The van der Waals surface area contributed by atoms with Crippen LogP contribution in [0, 0.1) is 0 Å². The molecule has 1 fully saturated rings. The normalized spacial score (nSPS) is 17.5. The van der Waals surface area contributed by atoms with Crippen molar-refractivity contribution in [2.45, 2.75) is 19.3 Å². The van der Waals surface area contributed by atoms with Crippen LogP contribution in [-0.2, 0) is 0 Å². The maximum atomic E-state index is 4.27. The Labute approximate surface area is 86.3 Å². The van der Waals surface area contributed by atoms with Gasteiger partial charge < -0.3 is 4.90 Å². The molecule has 0 aliphatic carbocycles. The molecule has 1 aromatic heterocycles. The molecule has 1 aromatic rings. The SMILES string of the molecule is Brc1cncnc1N1CCCCC1. The molecular formula is C9H12BrN3. The van der Waals surface area contributed by atoms with Crippen LogP contribution < -0.4 is 4.90 Å². The van der Waals surface area contributed by atoms with Gasteiger partial charge in [-0.15, -0.1) is 0 Å². The molecule has 0 bridgehead atoms. The Balaban J connectivity index is 2.18. The van der Waals surface area contributed by atoms with Crippen molar-refractivity contribution in [3.05, 3.63) is 17.0 Å². The minimum atomic E-state index is 0.997. The Morgan fingerprint density at radius 2 is 2.00 bits per heavy atom. The lowest BCUT2D eigenvalue weighted by atomic mass is 10.1. The second-order valence-electron chi connectivity index (χ2n) is 3.24. The summed E-state index contributed by atoms with van der Waals surface area (Å²) in [4.78, 5) is 10.5. The van der Waals surface area contributed by atoms with Crippen molar-refractivity contribution in [3.63, 3.8) is 0 Å². The van der Waals surface area contributed by atoms with Gasteiger partial charge in [0.25, 0.3) is 0 Å². The Kier molecular flexibility index (Phi) is 2.78. The average molecular weight is 242 g/mol. The molecule has 1 aliphatic heterocycles. The zero-order valence-electron chi connectivity index (χ0n) is 7.41. The van der Waals surface area contributed by atoms with Gasteiger partial charge in [0, 0.05) is 19.3 Å². The second-order valence-corrected chi connectivity index (χ2v) is 4.10. The van der Waals surface area contributed by atoms with Gasteiger partial charge >= 0.3 is 0 Å². The van der Waals surface area contributed by atoms with Gasteiger partial charge in [-0.3, -0.25) is 0 Å². The molecule has 4 heteroatoms. The van der Waals surface area contributed by atoms with Crippen molar-refractivity contribution in [2.24, 2.45) is 0 Å². The van der Waals surface area contributed by atoms with E-state index in [0.717, 1.165) is 23.4 Å². The molecule has 13 heavy (non-hydrogen) atoms. The summed E-state index contributed by atoms with van der Waals surface area (Å²) in [5.41, 5.74) is 0. The number of nitrogens with zero attached hydrogens (tertiary/aromatic N) is 3. The third kappa shape index (κ3) is 1.99.